The van der Waals surface area contributed by atoms with Crippen molar-refractivity contribution < 1.29 is 14.6 Å². The molecular formula is C18H16ClNO3. The summed E-state index contributed by atoms with van der Waals surface area (Å²) in [5.41, 5.74) is 3.72. The van der Waals surface area contributed by atoms with Gasteiger partial charge in [0.2, 0.25) is 0 Å². The van der Waals surface area contributed by atoms with Crippen molar-refractivity contribution in [1.29, 1.82) is 0 Å². The molecular weight excluding hydrogens is 314 g/mol. The van der Waals surface area contributed by atoms with E-state index in [9.17, 15) is 4.79 Å². The number of H-pyrrole nitrogens is 1. The number of nitrogens with one attached hydrogen (secondary N) is 1. The van der Waals surface area contributed by atoms with Crippen LogP contribution in [0.4, 0.5) is 0 Å². The fourth-order valence-corrected chi connectivity index (χ4v) is 2.90. The maximum Gasteiger partial charge on any atom is 0.303 e. The quantitative estimate of drug-likeness (QED) is 0.723. The van der Waals surface area contributed by atoms with Crippen LogP contribution in [-0.2, 0) is 11.2 Å². The van der Waals surface area contributed by atoms with Crippen LogP contribution in [0.15, 0.2) is 42.5 Å². The lowest BCUT2D eigenvalue weighted by Crippen LogP contribution is -1.98. The molecule has 0 radical (unpaired) electrons. The van der Waals surface area contributed by atoms with Gasteiger partial charge in [0, 0.05) is 22.5 Å². The molecule has 0 aliphatic carbocycles. The molecule has 3 rings (SSSR count). The van der Waals surface area contributed by atoms with E-state index in [1.165, 1.54) is 0 Å². The van der Waals surface area contributed by atoms with Gasteiger partial charge in [0.1, 0.15) is 5.75 Å². The number of aryl methyl sites for hydroxylation is 1. The Kier molecular flexibility index (Phi) is 4.26. The van der Waals surface area contributed by atoms with E-state index in [-0.39, 0.29) is 6.42 Å². The first-order valence-electron chi connectivity index (χ1n) is 7.25. The Morgan fingerprint density at radius 3 is 2.61 bits per heavy atom. The first kappa shape index (κ1) is 15.4. The Labute approximate surface area is 138 Å². The molecule has 0 bridgehead atoms. The molecule has 0 atom stereocenters. The molecule has 1 heterocycles. The summed E-state index contributed by atoms with van der Waals surface area (Å²) >= 11 is 5.96. The molecule has 0 saturated carbocycles. The lowest BCUT2D eigenvalue weighted by atomic mass is 10.0. The van der Waals surface area contributed by atoms with Gasteiger partial charge in [-0.15, -0.1) is 0 Å². The van der Waals surface area contributed by atoms with E-state index >= 15 is 0 Å². The Bertz CT molecular complexity index is 853. The zero-order valence-electron chi connectivity index (χ0n) is 12.6. The normalized spacial score (nSPS) is 10.9. The number of fused-ring (bicyclic) bond motifs is 1. The van der Waals surface area contributed by atoms with Crippen molar-refractivity contribution in [3.8, 4) is 17.0 Å². The molecule has 0 amide bonds. The van der Waals surface area contributed by atoms with Crippen LogP contribution in [0.25, 0.3) is 22.2 Å². The lowest BCUT2D eigenvalue weighted by molar-refractivity contribution is -0.136. The second-order valence-electron chi connectivity index (χ2n) is 5.26. The standard InChI is InChI=1S/C18H16ClNO3/c1-23-15-4-2-3-13-14(9-10-16(21)22)17(20-18(13)15)11-5-7-12(19)8-6-11/h2-8,20H,9-10H2,1H3,(H,21,22). The van der Waals surface area contributed by atoms with Gasteiger partial charge in [-0.3, -0.25) is 4.79 Å². The number of aromatic nitrogens is 1. The topological polar surface area (TPSA) is 62.3 Å². The number of benzene rings is 2. The Hall–Kier alpha value is -2.46. The summed E-state index contributed by atoms with van der Waals surface area (Å²) < 4.78 is 5.41. The number of halogens is 1. The first-order chi connectivity index (χ1) is 11.1. The van der Waals surface area contributed by atoms with Gasteiger partial charge in [0.25, 0.3) is 0 Å². The highest BCUT2D eigenvalue weighted by atomic mass is 35.5. The van der Waals surface area contributed by atoms with E-state index in [1.54, 1.807) is 7.11 Å². The highest BCUT2D eigenvalue weighted by Crippen LogP contribution is 2.35. The van der Waals surface area contributed by atoms with Crippen molar-refractivity contribution in [2.75, 3.05) is 7.11 Å². The van der Waals surface area contributed by atoms with Crippen molar-refractivity contribution in [1.82, 2.24) is 4.98 Å². The number of methoxy groups -OCH3 is 1. The number of ether oxygens (including phenoxy) is 1. The molecule has 4 nitrogen and oxygen atoms in total. The molecule has 0 spiro atoms. The summed E-state index contributed by atoms with van der Waals surface area (Å²) in [4.78, 5) is 14.4. The third-order valence-corrected chi connectivity index (χ3v) is 4.10. The van der Waals surface area contributed by atoms with Crippen LogP contribution in [0.3, 0.4) is 0 Å². The average molecular weight is 330 g/mol. The molecule has 5 heteroatoms. The fourth-order valence-electron chi connectivity index (χ4n) is 2.77. The van der Waals surface area contributed by atoms with E-state index in [0.717, 1.165) is 33.5 Å². The molecule has 0 saturated heterocycles. The van der Waals surface area contributed by atoms with Crippen molar-refractivity contribution in [2.45, 2.75) is 12.8 Å². The lowest BCUT2D eigenvalue weighted by Gasteiger charge is -2.04. The Morgan fingerprint density at radius 2 is 1.96 bits per heavy atom. The molecule has 2 aromatic carbocycles. The van der Waals surface area contributed by atoms with E-state index in [1.807, 2.05) is 42.5 Å². The van der Waals surface area contributed by atoms with Gasteiger partial charge in [-0.2, -0.15) is 0 Å². The van der Waals surface area contributed by atoms with E-state index in [0.29, 0.717) is 11.4 Å². The molecule has 23 heavy (non-hydrogen) atoms. The number of hydrogen-bond acceptors (Lipinski definition) is 2. The third-order valence-electron chi connectivity index (χ3n) is 3.84. The molecule has 0 fully saturated rings. The largest absolute Gasteiger partial charge is 0.495 e. The van der Waals surface area contributed by atoms with Gasteiger partial charge in [-0.05, 0) is 35.7 Å². The number of carboxylic acids is 1. The van der Waals surface area contributed by atoms with Gasteiger partial charge in [-0.1, -0.05) is 35.9 Å². The maximum atomic E-state index is 11.0. The maximum absolute atomic E-state index is 11.0. The number of hydrogen-bond donors (Lipinski definition) is 2. The van der Waals surface area contributed by atoms with Crippen LogP contribution in [-0.4, -0.2) is 23.2 Å². The molecule has 118 valence electrons. The summed E-state index contributed by atoms with van der Waals surface area (Å²) in [7, 11) is 1.62. The summed E-state index contributed by atoms with van der Waals surface area (Å²) in [5, 5.41) is 10.7. The van der Waals surface area contributed by atoms with Crippen molar-refractivity contribution in [3.63, 3.8) is 0 Å². The SMILES string of the molecule is COc1cccc2c(CCC(=O)O)c(-c3ccc(Cl)cc3)[nH]c12. The monoisotopic (exact) mass is 329 g/mol. The van der Waals surface area contributed by atoms with E-state index in [4.69, 9.17) is 21.4 Å². The number of carboxylic acid groups (broad SMARTS) is 1. The van der Waals surface area contributed by atoms with Gasteiger partial charge in [-0.25, -0.2) is 0 Å². The summed E-state index contributed by atoms with van der Waals surface area (Å²) in [6, 6.07) is 13.2. The fraction of sp³-hybridized carbons (Fsp3) is 0.167. The Balaban J connectivity index is 2.19. The smallest absolute Gasteiger partial charge is 0.303 e. The number of aliphatic carboxylic acids is 1. The molecule has 0 aliphatic rings. The van der Waals surface area contributed by atoms with Crippen LogP contribution >= 0.6 is 11.6 Å². The van der Waals surface area contributed by atoms with Crippen LogP contribution in [0.1, 0.15) is 12.0 Å². The molecule has 2 N–H and O–H groups in total. The number of rotatable bonds is 5. The van der Waals surface area contributed by atoms with Gasteiger partial charge >= 0.3 is 5.97 Å². The molecule has 0 unspecified atom stereocenters. The van der Waals surface area contributed by atoms with Crippen LogP contribution in [0, 0.1) is 0 Å². The molecule has 3 aromatic rings. The molecule has 0 aliphatic heterocycles. The summed E-state index contributed by atoms with van der Waals surface area (Å²) in [6.07, 6.45) is 0.519. The van der Waals surface area contributed by atoms with Crippen molar-refractivity contribution >= 4 is 28.5 Å². The average Bonchev–Trinajstić information content (AvgIpc) is 2.92. The van der Waals surface area contributed by atoms with Crippen molar-refractivity contribution in [2.24, 2.45) is 0 Å². The van der Waals surface area contributed by atoms with Gasteiger partial charge < -0.3 is 14.8 Å². The Morgan fingerprint density at radius 1 is 1.22 bits per heavy atom. The zero-order chi connectivity index (χ0) is 16.4. The summed E-state index contributed by atoms with van der Waals surface area (Å²) in [5.74, 6) is -0.0800. The van der Waals surface area contributed by atoms with Crippen LogP contribution in [0.5, 0.6) is 5.75 Å². The van der Waals surface area contributed by atoms with Gasteiger partial charge in [0.05, 0.1) is 12.6 Å². The zero-order valence-corrected chi connectivity index (χ0v) is 13.4. The highest BCUT2D eigenvalue weighted by Gasteiger charge is 2.16. The summed E-state index contributed by atoms with van der Waals surface area (Å²) in [6.45, 7) is 0. The second kappa shape index (κ2) is 6.34. The van der Waals surface area contributed by atoms with Gasteiger partial charge in [0.15, 0.2) is 0 Å². The third kappa shape index (κ3) is 3.03. The number of carbonyl (C=O) groups is 1. The van der Waals surface area contributed by atoms with Crippen molar-refractivity contribution in [3.05, 3.63) is 53.1 Å². The number of aromatic amines is 1. The minimum absolute atomic E-state index is 0.0742. The van der Waals surface area contributed by atoms with Crippen LogP contribution in [0.2, 0.25) is 5.02 Å². The minimum atomic E-state index is -0.815. The predicted octanol–water partition coefficient (Wildman–Crippen LogP) is 4.51. The second-order valence-corrected chi connectivity index (χ2v) is 5.70. The molecule has 1 aromatic heterocycles. The first-order valence-corrected chi connectivity index (χ1v) is 7.63. The van der Waals surface area contributed by atoms with E-state index < -0.39 is 5.97 Å². The minimum Gasteiger partial charge on any atom is -0.495 e. The van der Waals surface area contributed by atoms with E-state index in [2.05, 4.69) is 4.98 Å². The predicted molar refractivity (Wildman–Crippen MR) is 91.3 cm³/mol. The number of para-hydroxylation sites is 1. The highest BCUT2D eigenvalue weighted by molar-refractivity contribution is 6.30. The van der Waals surface area contributed by atoms with Crippen LogP contribution < -0.4 is 4.74 Å².